The lowest BCUT2D eigenvalue weighted by Gasteiger charge is -2.06. The Morgan fingerprint density at radius 2 is 1.29 bits per heavy atom. The SMILES string of the molecule is C=COCCOCCOCCOCCCCC. The molecular weight excluding hydrogens is 220 g/mol. The van der Waals surface area contributed by atoms with Crippen molar-refractivity contribution in [1.29, 1.82) is 0 Å². The molecule has 0 aliphatic rings. The van der Waals surface area contributed by atoms with Crippen molar-refractivity contribution in [3.63, 3.8) is 0 Å². The van der Waals surface area contributed by atoms with Gasteiger partial charge in [0.2, 0.25) is 0 Å². The van der Waals surface area contributed by atoms with Crippen LogP contribution in [0.15, 0.2) is 12.8 Å². The quantitative estimate of drug-likeness (QED) is 0.348. The van der Waals surface area contributed by atoms with Crippen molar-refractivity contribution < 1.29 is 18.9 Å². The number of hydrogen-bond acceptors (Lipinski definition) is 4. The van der Waals surface area contributed by atoms with Crippen LogP contribution in [0.25, 0.3) is 0 Å². The predicted molar refractivity (Wildman–Crippen MR) is 68.1 cm³/mol. The van der Waals surface area contributed by atoms with E-state index in [1.807, 2.05) is 0 Å². The van der Waals surface area contributed by atoms with E-state index < -0.39 is 0 Å². The molecule has 0 radical (unpaired) electrons. The average molecular weight is 246 g/mol. The van der Waals surface area contributed by atoms with Crippen LogP contribution in [0.3, 0.4) is 0 Å². The zero-order valence-electron chi connectivity index (χ0n) is 11.0. The molecule has 0 unspecified atom stereocenters. The minimum atomic E-state index is 0.546. The fraction of sp³-hybridized carbons (Fsp3) is 0.846. The Kier molecular flexibility index (Phi) is 14.9. The molecule has 0 rings (SSSR count). The van der Waals surface area contributed by atoms with Crippen molar-refractivity contribution in [1.82, 2.24) is 0 Å². The summed E-state index contributed by atoms with van der Waals surface area (Å²) in [6.07, 6.45) is 5.02. The van der Waals surface area contributed by atoms with Gasteiger partial charge in [-0.1, -0.05) is 26.3 Å². The summed E-state index contributed by atoms with van der Waals surface area (Å²) < 4.78 is 20.9. The Labute approximate surface area is 105 Å². The van der Waals surface area contributed by atoms with Crippen LogP contribution in [0.4, 0.5) is 0 Å². The van der Waals surface area contributed by atoms with Crippen LogP contribution < -0.4 is 0 Å². The molecule has 0 amide bonds. The standard InChI is InChI=1S/C13H26O4/c1-3-5-6-7-15-10-11-17-13-12-16-9-8-14-4-2/h4H,2-3,5-13H2,1H3. The fourth-order valence-corrected chi connectivity index (χ4v) is 1.19. The smallest absolute Gasteiger partial charge is 0.111 e. The first-order valence-electron chi connectivity index (χ1n) is 6.37. The summed E-state index contributed by atoms with van der Waals surface area (Å²) in [5.41, 5.74) is 0. The minimum Gasteiger partial charge on any atom is -0.499 e. The van der Waals surface area contributed by atoms with Crippen molar-refractivity contribution in [2.45, 2.75) is 26.2 Å². The maximum absolute atomic E-state index is 5.40. The van der Waals surface area contributed by atoms with Crippen molar-refractivity contribution in [3.05, 3.63) is 12.8 Å². The maximum atomic E-state index is 5.40. The van der Waals surface area contributed by atoms with Crippen molar-refractivity contribution in [2.24, 2.45) is 0 Å². The van der Waals surface area contributed by atoms with E-state index in [2.05, 4.69) is 13.5 Å². The molecule has 4 nitrogen and oxygen atoms in total. The number of ether oxygens (including phenoxy) is 4. The minimum absolute atomic E-state index is 0.546. The summed E-state index contributed by atoms with van der Waals surface area (Å²) in [5, 5.41) is 0. The highest BCUT2D eigenvalue weighted by atomic mass is 16.6. The lowest BCUT2D eigenvalue weighted by molar-refractivity contribution is 0.00612. The second-order valence-corrected chi connectivity index (χ2v) is 3.58. The van der Waals surface area contributed by atoms with Gasteiger partial charge in [-0.2, -0.15) is 0 Å². The molecule has 0 saturated carbocycles. The Morgan fingerprint density at radius 3 is 1.82 bits per heavy atom. The fourth-order valence-electron chi connectivity index (χ4n) is 1.19. The molecule has 0 saturated heterocycles. The molecule has 0 aromatic heterocycles. The van der Waals surface area contributed by atoms with E-state index in [0.717, 1.165) is 13.0 Å². The van der Waals surface area contributed by atoms with Crippen LogP contribution in [0.1, 0.15) is 26.2 Å². The van der Waals surface area contributed by atoms with Gasteiger partial charge in [0.25, 0.3) is 0 Å². The van der Waals surface area contributed by atoms with Crippen molar-refractivity contribution in [3.8, 4) is 0 Å². The largest absolute Gasteiger partial charge is 0.499 e. The molecular formula is C13H26O4. The highest BCUT2D eigenvalue weighted by molar-refractivity contribution is 4.47. The Bertz CT molecular complexity index is 150. The van der Waals surface area contributed by atoms with Crippen LogP contribution in [-0.4, -0.2) is 46.2 Å². The number of unbranched alkanes of at least 4 members (excludes halogenated alkanes) is 2. The molecule has 0 heterocycles. The van der Waals surface area contributed by atoms with Gasteiger partial charge in [-0.05, 0) is 6.42 Å². The number of rotatable bonds is 14. The molecule has 102 valence electrons. The summed E-state index contributed by atoms with van der Waals surface area (Å²) in [6, 6.07) is 0. The Morgan fingerprint density at radius 1 is 0.765 bits per heavy atom. The molecule has 0 atom stereocenters. The van der Waals surface area contributed by atoms with Gasteiger partial charge in [-0.15, -0.1) is 0 Å². The van der Waals surface area contributed by atoms with Crippen LogP contribution in [0.5, 0.6) is 0 Å². The molecule has 0 bridgehead atoms. The van der Waals surface area contributed by atoms with E-state index in [1.54, 1.807) is 0 Å². The first-order valence-corrected chi connectivity index (χ1v) is 6.37. The molecule has 0 fully saturated rings. The monoisotopic (exact) mass is 246 g/mol. The lowest BCUT2D eigenvalue weighted by Crippen LogP contribution is -2.11. The third-order valence-electron chi connectivity index (χ3n) is 2.10. The van der Waals surface area contributed by atoms with E-state index in [-0.39, 0.29) is 0 Å². The molecule has 17 heavy (non-hydrogen) atoms. The molecule has 0 aromatic rings. The van der Waals surface area contributed by atoms with Gasteiger partial charge >= 0.3 is 0 Å². The highest BCUT2D eigenvalue weighted by Gasteiger charge is 1.91. The zero-order chi connectivity index (χ0) is 12.6. The number of hydrogen-bond donors (Lipinski definition) is 0. The van der Waals surface area contributed by atoms with Crippen LogP contribution in [0.2, 0.25) is 0 Å². The predicted octanol–water partition coefficient (Wildman–Crippen LogP) is 2.39. The molecule has 0 aromatic carbocycles. The highest BCUT2D eigenvalue weighted by Crippen LogP contribution is 1.93. The van der Waals surface area contributed by atoms with Crippen LogP contribution in [-0.2, 0) is 18.9 Å². The van der Waals surface area contributed by atoms with Gasteiger partial charge in [-0.25, -0.2) is 0 Å². The van der Waals surface area contributed by atoms with E-state index in [4.69, 9.17) is 18.9 Å². The second-order valence-electron chi connectivity index (χ2n) is 3.58. The van der Waals surface area contributed by atoms with Gasteiger partial charge in [0.15, 0.2) is 0 Å². The van der Waals surface area contributed by atoms with Gasteiger partial charge in [0.05, 0.1) is 39.3 Å². The van der Waals surface area contributed by atoms with Gasteiger partial charge in [0, 0.05) is 6.61 Å². The zero-order valence-corrected chi connectivity index (χ0v) is 11.0. The first-order chi connectivity index (χ1) is 8.41. The summed E-state index contributed by atoms with van der Waals surface area (Å²) in [7, 11) is 0. The molecule has 0 N–H and O–H groups in total. The van der Waals surface area contributed by atoms with E-state index in [9.17, 15) is 0 Å². The van der Waals surface area contributed by atoms with Crippen LogP contribution in [0, 0.1) is 0 Å². The summed E-state index contributed by atoms with van der Waals surface area (Å²) in [4.78, 5) is 0. The summed E-state index contributed by atoms with van der Waals surface area (Å²) in [6.45, 7) is 10.1. The van der Waals surface area contributed by atoms with Gasteiger partial charge < -0.3 is 18.9 Å². The summed E-state index contributed by atoms with van der Waals surface area (Å²) in [5.74, 6) is 0. The third kappa shape index (κ3) is 15.4. The lowest BCUT2D eigenvalue weighted by atomic mass is 10.3. The molecule has 0 spiro atoms. The third-order valence-corrected chi connectivity index (χ3v) is 2.10. The normalized spacial score (nSPS) is 10.4. The topological polar surface area (TPSA) is 36.9 Å². The van der Waals surface area contributed by atoms with E-state index in [1.165, 1.54) is 19.1 Å². The molecule has 0 aliphatic carbocycles. The Balaban J connectivity index is 2.87. The maximum Gasteiger partial charge on any atom is 0.111 e. The summed E-state index contributed by atoms with van der Waals surface area (Å²) >= 11 is 0. The van der Waals surface area contributed by atoms with E-state index in [0.29, 0.717) is 39.6 Å². The average Bonchev–Trinajstić information content (AvgIpc) is 2.35. The van der Waals surface area contributed by atoms with Gasteiger partial charge in [0.1, 0.15) is 6.61 Å². The van der Waals surface area contributed by atoms with Gasteiger partial charge in [-0.3, -0.25) is 0 Å². The first kappa shape index (κ1) is 16.4. The molecule has 0 aliphatic heterocycles. The van der Waals surface area contributed by atoms with Crippen molar-refractivity contribution >= 4 is 0 Å². The Hall–Kier alpha value is -0.580. The molecule has 4 heteroatoms. The van der Waals surface area contributed by atoms with Crippen LogP contribution >= 0.6 is 0 Å². The van der Waals surface area contributed by atoms with Crippen molar-refractivity contribution in [2.75, 3.05) is 46.2 Å². The van der Waals surface area contributed by atoms with E-state index >= 15 is 0 Å². The second kappa shape index (κ2) is 15.4.